The number of benzene rings is 2. The van der Waals surface area contributed by atoms with Crippen molar-refractivity contribution in [3.63, 3.8) is 0 Å². The van der Waals surface area contributed by atoms with Gasteiger partial charge in [-0.25, -0.2) is 4.79 Å². The molecule has 3 amide bonds. The number of nitrogens with one attached hydrogen (secondary N) is 2. The van der Waals surface area contributed by atoms with Crippen molar-refractivity contribution in [2.75, 3.05) is 12.4 Å². The zero-order chi connectivity index (χ0) is 30.2. The minimum Gasteiger partial charge on any atom is -0.497 e. The van der Waals surface area contributed by atoms with E-state index in [9.17, 15) is 14.4 Å². The molecule has 3 unspecified atom stereocenters. The first-order chi connectivity index (χ1) is 18.6. The summed E-state index contributed by atoms with van der Waals surface area (Å²) in [7, 11) is 1.58. The summed E-state index contributed by atoms with van der Waals surface area (Å²) >= 11 is 0. The molecule has 0 saturated carbocycles. The Morgan fingerprint density at radius 2 is 1.55 bits per heavy atom. The summed E-state index contributed by atoms with van der Waals surface area (Å²) < 4.78 is 10.6. The lowest BCUT2D eigenvalue weighted by atomic mass is 9.93. The van der Waals surface area contributed by atoms with E-state index in [1.807, 2.05) is 39.0 Å². The maximum Gasteiger partial charge on any atom is 0.408 e. The number of aryl methyl sites for hydroxylation is 2. The van der Waals surface area contributed by atoms with Crippen molar-refractivity contribution in [3.05, 3.63) is 59.2 Å². The van der Waals surface area contributed by atoms with E-state index >= 15 is 0 Å². The maximum atomic E-state index is 14.1. The lowest BCUT2D eigenvalue weighted by Gasteiger charge is -2.38. The fourth-order valence-corrected chi connectivity index (χ4v) is 4.44. The Morgan fingerprint density at radius 3 is 2.10 bits per heavy atom. The van der Waals surface area contributed by atoms with Crippen LogP contribution < -0.4 is 15.4 Å². The normalized spacial score (nSPS) is 13.7. The number of amides is 3. The summed E-state index contributed by atoms with van der Waals surface area (Å²) in [6.07, 6.45) is 0.882. The van der Waals surface area contributed by atoms with Crippen LogP contribution in [0.5, 0.6) is 5.75 Å². The second kappa shape index (κ2) is 14.2. The Morgan fingerprint density at radius 1 is 0.925 bits per heavy atom. The number of rotatable bonds is 11. The molecule has 220 valence electrons. The molecule has 8 nitrogen and oxygen atoms in total. The van der Waals surface area contributed by atoms with E-state index in [1.54, 1.807) is 64.0 Å². The smallest absolute Gasteiger partial charge is 0.408 e. The molecule has 0 heterocycles. The summed E-state index contributed by atoms with van der Waals surface area (Å²) in [6.45, 7) is 17.0. The van der Waals surface area contributed by atoms with Gasteiger partial charge >= 0.3 is 6.09 Å². The zero-order valence-corrected chi connectivity index (χ0v) is 25.8. The minimum absolute atomic E-state index is 0.288. The van der Waals surface area contributed by atoms with E-state index in [2.05, 4.69) is 24.5 Å². The van der Waals surface area contributed by atoms with Gasteiger partial charge in [0.15, 0.2) is 0 Å². The number of nitrogens with zero attached hydrogens (tertiary/aromatic N) is 1. The number of anilines is 1. The average molecular weight is 554 g/mol. The molecule has 0 aliphatic carbocycles. The summed E-state index contributed by atoms with van der Waals surface area (Å²) in [6, 6.07) is 10.8. The van der Waals surface area contributed by atoms with Crippen LogP contribution >= 0.6 is 0 Å². The van der Waals surface area contributed by atoms with Gasteiger partial charge in [0.05, 0.1) is 7.11 Å². The van der Waals surface area contributed by atoms with Gasteiger partial charge in [-0.3, -0.25) is 9.59 Å². The average Bonchev–Trinajstić information content (AvgIpc) is 2.86. The topological polar surface area (TPSA) is 97.0 Å². The third-order valence-electron chi connectivity index (χ3n) is 6.61. The number of alkyl carbamates (subject to hydrolysis) is 1. The van der Waals surface area contributed by atoms with E-state index in [0.29, 0.717) is 23.8 Å². The first-order valence-electron chi connectivity index (χ1n) is 14.0. The highest BCUT2D eigenvalue weighted by Crippen LogP contribution is 2.31. The molecule has 2 rings (SSSR count). The molecule has 0 fully saturated rings. The van der Waals surface area contributed by atoms with Gasteiger partial charge in [-0.15, -0.1) is 0 Å². The largest absolute Gasteiger partial charge is 0.497 e. The monoisotopic (exact) mass is 553 g/mol. The highest BCUT2D eigenvalue weighted by atomic mass is 16.6. The number of carbonyl (C=O) groups is 3. The van der Waals surface area contributed by atoms with Crippen molar-refractivity contribution in [1.29, 1.82) is 0 Å². The predicted octanol–water partition coefficient (Wildman–Crippen LogP) is 6.56. The number of methoxy groups -OCH3 is 1. The Labute approximate surface area is 239 Å². The molecule has 0 spiro atoms. The third-order valence-corrected chi connectivity index (χ3v) is 6.61. The predicted molar refractivity (Wildman–Crippen MR) is 159 cm³/mol. The molecule has 3 atom stereocenters. The second-order valence-corrected chi connectivity index (χ2v) is 11.9. The molecular weight excluding hydrogens is 506 g/mol. The zero-order valence-electron chi connectivity index (χ0n) is 25.8. The first-order valence-corrected chi connectivity index (χ1v) is 14.0. The van der Waals surface area contributed by atoms with E-state index < -0.39 is 23.8 Å². The van der Waals surface area contributed by atoms with Gasteiger partial charge < -0.3 is 25.0 Å². The van der Waals surface area contributed by atoms with Gasteiger partial charge in [0.2, 0.25) is 5.91 Å². The molecular formula is C32H47N3O5. The maximum absolute atomic E-state index is 14.1. The second-order valence-electron chi connectivity index (χ2n) is 11.9. The summed E-state index contributed by atoms with van der Waals surface area (Å²) in [5.74, 6) is 0.389. The standard InChI is InChI=1S/C32H47N3O5/c1-20(2)11-14-23(5)35(30(37)24(6)33-31(38)40-32(7,8)9)28(27-19-21(3)12-13-22(27)4)29(36)34-25-15-17-26(39-10)18-16-25/h12-13,15-20,23-24,28H,11,14H2,1-10H3,(H,33,38)(H,34,36). The van der Waals surface area contributed by atoms with Gasteiger partial charge in [-0.05, 0) is 103 Å². The number of carbonyl (C=O) groups excluding carboxylic acids is 3. The quantitative estimate of drug-likeness (QED) is 0.329. The summed E-state index contributed by atoms with van der Waals surface area (Å²) in [5.41, 5.74) is 2.48. The summed E-state index contributed by atoms with van der Waals surface area (Å²) in [5, 5.41) is 5.68. The molecule has 2 N–H and O–H groups in total. The molecule has 8 heteroatoms. The molecule has 0 bridgehead atoms. The SMILES string of the molecule is COc1ccc(NC(=O)C(c2cc(C)ccc2C)N(C(=O)C(C)NC(=O)OC(C)(C)C)C(C)CCC(C)C)cc1. The number of hydrogen-bond acceptors (Lipinski definition) is 5. The van der Waals surface area contributed by atoms with Crippen molar-refractivity contribution in [2.45, 2.75) is 98.9 Å². The van der Waals surface area contributed by atoms with Crippen LogP contribution in [-0.4, -0.2) is 47.6 Å². The highest BCUT2D eigenvalue weighted by molar-refractivity contribution is 5.99. The van der Waals surface area contributed by atoms with E-state index in [0.717, 1.165) is 23.1 Å². The third kappa shape index (κ3) is 9.57. The van der Waals surface area contributed by atoms with Crippen LogP contribution in [-0.2, 0) is 14.3 Å². The Kier molecular flexibility index (Phi) is 11.6. The van der Waals surface area contributed by atoms with Crippen LogP contribution in [0, 0.1) is 19.8 Å². The fourth-order valence-electron chi connectivity index (χ4n) is 4.44. The van der Waals surface area contributed by atoms with Gasteiger partial charge in [-0.1, -0.05) is 37.6 Å². The Balaban J connectivity index is 2.57. The van der Waals surface area contributed by atoms with Gasteiger partial charge in [-0.2, -0.15) is 0 Å². The molecule has 40 heavy (non-hydrogen) atoms. The van der Waals surface area contributed by atoms with Crippen LogP contribution in [0.2, 0.25) is 0 Å². The Hall–Kier alpha value is -3.55. The van der Waals surface area contributed by atoms with Crippen molar-refractivity contribution in [3.8, 4) is 5.75 Å². The molecule has 0 aromatic heterocycles. The van der Waals surface area contributed by atoms with Crippen LogP contribution in [0.25, 0.3) is 0 Å². The van der Waals surface area contributed by atoms with Gasteiger partial charge in [0.1, 0.15) is 23.4 Å². The van der Waals surface area contributed by atoms with Crippen LogP contribution in [0.4, 0.5) is 10.5 Å². The number of ether oxygens (including phenoxy) is 2. The molecule has 0 aliphatic rings. The molecule has 0 saturated heterocycles. The van der Waals surface area contributed by atoms with Crippen LogP contribution in [0.15, 0.2) is 42.5 Å². The van der Waals surface area contributed by atoms with Crippen LogP contribution in [0.1, 0.15) is 84.0 Å². The lowest BCUT2D eigenvalue weighted by molar-refractivity contribution is -0.143. The first kappa shape index (κ1) is 32.7. The van der Waals surface area contributed by atoms with E-state index in [1.165, 1.54) is 0 Å². The molecule has 2 aromatic carbocycles. The van der Waals surface area contributed by atoms with Crippen molar-refractivity contribution < 1.29 is 23.9 Å². The lowest BCUT2D eigenvalue weighted by Crippen LogP contribution is -2.54. The Bertz CT molecular complexity index is 1150. The minimum atomic E-state index is -0.931. The van der Waals surface area contributed by atoms with Gasteiger partial charge in [0.25, 0.3) is 5.91 Å². The van der Waals surface area contributed by atoms with Crippen molar-refractivity contribution in [2.24, 2.45) is 5.92 Å². The molecule has 0 aliphatic heterocycles. The highest BCUT2D eigenvalue weighted by Gasteiger charge is 2.38. The molecule has 2 aromatic rings. The van der Waals surface area contributed by atoms with Crippen LogP contribution in [0.3, 0.4) is 0 Å². The number of hydrogen-bond donors (Lipinski definition) is 2. The van der Waals surface area contributed by atoms with Crippen molar-refractivity contribution in [1.82, 2.24) is 10.2 Å². The summed E-state index contributed by atoms with van der Waals surface area (Å²) in [4.78, 5) is 42.4. The van der Waals surface area contributed by atoms with E-state index in [4.69, 9.17) is 9.47 Å². The van der Waals surface area contributed by atoms with Gasteiger partial charge in [0, 0.05) is 11.7 Å². The fraction of sp³-hybridized carbons (Fsp3) is 0.531. The van der Waals surface area contributed by atoms with Crippen molar-refractivity contribution >= 4 is 23.6 Å². The molecule has 0 radical (unpaired) electrons. The van der Waals surface area contributed by atoms with E-state index in [-0.39, 0.29) is 17.9 Å².